The minimum Gasteiger partial charge on any atom is -0.333 e. The highest BCUT2D eigenvalue weighted by atomic mass is 32.1. The third-order valence-electron chi connectivity index (χ3n) is 4.01. The van der Waals surface area contributed by atoms with Crippen LogP contribution in [0.3, 0.4) is 0 Å². The molecule has 120 valence electrons. The van der Waals surface area contributed by atoms with Gasteiger partial charge in [0.15, 0.2) is 0 Å². The molecule has 1 atom stereocenters. The molecule has 0 N–H and O–H groups in total. The largest absolute Gasteiger partial charge is 0.333 e. The molecule has 2 rings (SSSR count). The number of thiazole rings is 1. The van der Waals surface area contributed by atoms with Crippen molar-refractivity contribution < 1.29 is 4.79 Å². The average molecular weight is 320 g/mol. The van der Waals surface area contributed by atoms with Crippen molar-refractivity contribution in [1.82, 2.24) is 19.7 Å². The Labute approximate surface area is 136 Å². The van der Waals surface area contributed by atoms with E-state index in [1.807, 2.05) is 32.5 Å². The van der Waals surface area contributed by atoms with E-state index in [2.05, 4.69) is 23.9 Å². The maximum atomic E-state index is 12.8. The molecule has 0 radical (unpaired) electrons. The second-order valence-electron chi connectivity index (χ2n) is 5.63. The van der Waals surface area contributed by atoms with Crippen LogP contribution in [-0.4, -0.2) is 32.6 Å². The standard InChI is InChI=1S/C16H24N4OS/c1-7-8-20-10(2)14(9-17-20)16(21)19(6)11(3)15-12(4)22-13(5)18-15/h9,11H,7-8H2,1-6H3. The van der Waals surface area contributed by atoms with Gasteiger partial charge < -0.3 is 4.90 Å². The molecule has 0 aliphatic carbocycles. The lowest BCUT2D eigenvalue weighted by atomic mass is 10.1. The van der Waals surface area contributed by atoms with Crippen LogP contribution in [0.5, 0.6) is 0 Å². The van der Waals surface area contributed by atoms with Crippen molar-refractivity contribution in [2.75, 3.05) is 7.05 Å². The average Bonchev–Trinajstić information content (AvgIpc) is 3.00. The zero-order valence-corrected chi connectivity index (χ0v) is 15.0. The molecule has 0 fully saturated rings. The molecule has 2 heterocycles. The first-order valence-electron chi connectivity index (χ1n) is 7.60. The predicted molar refractivity (Wildman–Crippen MR) is 89.4 cm³/mol. The Kier molecular flexibility index (Phi) is 5.01. The topological polar surface area (TPSA) is 51.0 Å². The summed E-state index contributed by atoms with van der Waals surface area (Å²) in [6.07, 6.45) is 2.68. The maximum Gasteiger partial charge on any atom is 0.257 e. The first-order chi connectivity index (χ1) is 10.4. The Morgan fingerprint density at radius 3 is 2.64 bits per heavy atom. The van der Waals surface area contributed by atoms with E-state index in [0.29, 0.717) is 5.56 Å². The molecule has 0 spiro atoms. The van der Waals surface area contributed by atoms with Gasteiger partial charge in [0.25, 0.3) is 5.91 Å². The van der Waals surface area contributed by atoms with Crippen LogP contribution in [0.15, 0.2) is 6.20 Å². The van der Waals surface area contributed by atoms with Crippen molar-refractivity contribution in [3.05, 3.63) is 33.0 Å². The van der Waals surface area contributed by atoms with Gasteiger partial charge in [0.2, 0.25) is 0 Å². The van der Waals surface area contributed by atoms with Gasteiger partial charge in [-0.1, -0.05) is 6.92 Å². The lowest BCUT2D eigenvalue weighted by molar-refractivity contribution is 0.0739. The van der Waals surface area contributed by atoms with Gasteiger partial charge in [0.1, 0.15) is 0 Å². The zero-order chi connectivity index (χ0) is 16.4. The molecular weight excluding hydrogens is 296 g/mol. The van der Waals surface area contributed by atoms with E-state index in [1.165, 1.54) is 4.88 Å². The number of carbonyl (C=O) groups excluding carboxylic acids is 1. The lowest BCUT2D eigenvalue weighted by Gasteiger charge is -2.24. The summed E-state index contributed by atoms with van der Waals surface area (Å²) < 4.78 is 1.89. The van der Waals surface area contributed by atoms with Gasteiger partial charge in [-0.3, -0.25) is 9.48 Å². The summed E-state index contributed by atoms with van der Waals surface area (Å²) in [4.78, 5) is 20.3. The van der Waals surface area contributed by atoms with Gasteiger partial charge in [0.05, 0.1) is 28.5 Å². The number of nitrogens with zero attached hydrogens (tertiary/aromatic N) is 4. The summed E-state index contributed by atoms with van der Waals surface area (Å²) in [7, 11) is 1.83. The Balaban J connectivity index is 2.23. The fourth-order valence-corrected chi connectivity index (χ4v) is 3.48. The molecule has 22 heavy (non-hydrogen) atoms. The van der Waals surface area contributed by atoms with Crippen LogP contribution in [0.1, 0.15) is 57.9 Å². The van der Waals surface area contributed by atoms with Crippen molar-refractivity contribution >= 4 is 17.2 Å². The fraction of sp³-hybridized carbons (Fsp3) is 0.562. The van der Waals surface area contributed by atoms with E-state index >= 15 is 0 Å². The molecule has 0 aliphatic rings. The quantitative estimate of drug-likeness (QED) is 0.847. The SMILES string of the molecule is CCCn1ncc(C(=O)N(C)C(C)c2nc(C)sc2C)c1C. The van der Waals surface area contributed by atoms with E-state index in [0.717, 1.165) is 29.4 Å². The van der Waals surface area contributed by atoms with Crippen molar-refractivity contribution in [1.29, 1.82) is 0 Å². The van der Waals surface area contributed by atoms with Crippen molar-refractivity contribution in [2.45, 2.75) is 53.6 Å². The van der Waals surface area contributed by atoms with Crippen LogP contribution in [0.25, 0.3) is 0 Å². The summed E-state index contributed by atoms with van der Waals surface area (Å²) in [5, 5.41) is 5.35. The van der Waals surface area contributed by atoms with Gasteiger partial charge in [-0.25, -0.2) is 4.98 Å². The summed E-state index contributed by atoms with van der Waals surface area (Å²) >= 11 is 1.67. The van der Waals surface area contributed by atoms with Crippen molar-refractivity contribution in [2.24, 2.45) is 0 Å². The van der Waals surface area contributed by atoms with E-state index in [-0.39, 0.29) is 11.9 Å². The molecule has 6 heteroatoms. The second-order valence-corrected chi connectivity index (χ2v) is 7.04. The summed E-state index contributed by atoms with van der Waals surface area (Å²) in [5.41, 5.74) is 2.58. The number of aryl methyl sites for hydroxylation is 3. The van der Waals surface area contributed by atoms with E-state index in [4.69, 9.17) is 0 Å². The molecule has 2 aromatic rings. The number of hydrogen-bond donors (Lipinski definition) is 0. The van der Waals surface area contributed by atoms with Crippen molar-refractivity contribution in [3.63, 3.8) is 0 Å². The molecule has 5 nitrogen and oxygen atoms in total. The molecular formula is C16H24N4OS. The molecule has 0 saturated heterocycles. The predicted octanol–water partition coefficient (Wildman–Crippen LogP) is 3.51. The van der Waals surface area contributed by atoms with Gasteiger partial charge in [-0.15, -0.1) is 11.3 Å². The third-order valence-corrected chi connectivity index (χ3v) is 4.91. The molecule has 1 amide bonds. The van der Waals surface area contributed by atoms with Gasteiger partial charge in [-0.05, 0) is 34.1 Å². The molecule has 0 aliphatic heterocycles. The summed E-state index contributed by atoms with van der Waals surface area (Å²) in [6.45, 7) is 11.0. The smallest absolute Gasteiger partial charge is 0.257 e. The van der Waals surface area contributed by atoms with E-state index < -0.39 is 0 Å². The first-order valence-corrected chi connectivity index (χ1v) is 8.41. The molecule has 2 aromatic heterocycles. The summed E-state index contributed by atoms with van der Waals surface area (Å²) in [5.74, 6) is -0.00240. The highest BCUT2D eigenvalue weighted by Crippen LogP contribution is 2.27. The van der Waals surface area contributed by atoms with Crippen LogP contribution < -0.4 is 0 Å². The molecule has 1 unspecified atom stereocenters. The summed E-state index contributed by atoms with van der Waals surface area (Å²) in [6, 6.07) is -0.0497. The Morgan fingerprint density at radius 1 is 1.41 bits per heavy atom. The van der Waals surface area contributed by atoms with Gasteiger partial charge in [0, 0.05) is 24.2 Å². The Morgan fingerprint density at radius 2 is 2.09 bits per heavy atom. The van der Waals surface area contributed by atoms with Crippen LogP contribution in [0, 0.1) is 20.8 Å². The van der Waals surface area contributed by atoms with E-state index in [9.17, 15) is 4.79 Å². The number of hydrogen-bond acceptors (Lipinski definition) is 4. The highest BCUT2D eigenvalue weighted by molar-refractivity contribution is 7.11. The lowest BCUT2D eigenvalue weighted by Crippen LogP contribution is -2.30. The minimum atomic E-state index is -0.0497. The number of carbonyl (C=O) groups is 1. The normalized spacial score (nSPS) is 12.5. The molecule has 0 saturated carbocycles. The fourth-order valence-electron chi connectivity index (χ4n) is 2.58. The molecule has 0 bridgehead atoms. The first kappa shape index (κ1) is 16.7. The zero-order valence-electron chi connectivity index (χ0n) is 14.2. The molecule has 0 aromatic carbocycles. The number of aromatic nitrogens is 3. The van der Waals surface area contributed by atoms with Crippen LogP contribution >= 0.6 is 11.3 Å². The van der Waals surface area contributed by atoms with Crippen LogP contribution in [0.4, 0.5) is 0 Å². The van der Waals surface area contributed by atoms with Gasteiger partial charge in [-0.2, -0.15) is 5.10 Å². The third kappa shape index (κ3) is 3.06. The number of rotatable bonds is 5. The second kappa shape index (κ2) is 6.60. The highest BCUT2D eigenvalue weighted by Gasteiger charge is 2.25. The van der Waals surface area contributed by atoms with Crippen LogP contribution in [0.2, 0.25) is 0 Å². The number of amides is 1. The van der Waals surface area contributed by atoms with Gasteiger partial charge >= 0.3 is 0 Å². The Hall–Kier alpha value is -1.69. The monoisotopic (exact) mass is 320 g/mol. The minimum absolute atomic E-state index is 0.00240. The maximum absolute atomic E-state index is 12.8. The van der Waals surface area contributed by atoms with Crippen LogP contribution in [-0.2, 0) is 6.54 Å². The Bertz CT molecular complexity index is 674. The van der Waals surface area contributed by atoms with Crippen molar-refractivity contribution in [3.8, 4) is 0 Å². The van der Waals surface area contributed by atoms with E-state index in [1.54, 1.807) is 22.4 Å².